The number of carbonyl (C=O) groups excluding carboxylic acids is 2. The Morgan fingerprint density at radius 3 is 1.78 bits per heavy atom. The Hall–Kier alpha value is -3.40. The van der Waals surface area contributed by atoms with Crippen LogP contribution in [0, 0.1) is 0 Å². The number of hydrogen-bond acceptors (Lipinski definition) is 4. The van der Waals surface area contributed by atoms with Gasteiger partial charge in [-0.05, 0) is 66.0 Å². The smallest absolute Gasteiger partial charge is 0.343 e. The molecule has 0 amide bonds. The fourth-order valence-electron chi connectivity index (χ4n) is 5.25. The molecular weight excluding hydrogens is 460 g/mol. The third kappa shape index (κ3) is 6.30. The standard InChI is InChI=1S/C33H38O4/c1-5-15-26-22-27(33(2,3)4)28(23-16-9-6-10-17-23)30(37-32(35)25-20-13-8-14-21-25)29(26)36-31(34)24-18-11-7-12-19-24/h7-8,11-14,18-23H,5-6,9-10,15-17H2,1-4H3. The van der Waals surface area contributed by atoms with Crippen molar-refractivity contribution in [2.24, 2.45) is 0 Å². The van der Waals surface area contributed by atoms with Crippen molar-refractivity contribution in [3.63, 3.8) is 0 Å². The molecule has 0 N–H and O–H groups in total. The van der Waals surface area contributed by atoms with Crippen LogP contribution in [0.4, 0.5) is 0 Å². The fraction of sp³-hybridized carbons (Fsp3) is 0.394. The zero-order valence-corrected chi connectivity index (χ0v) is 22.5. The molecule has 0 aromatic heterocycles. The van der Waals surface area contributed by atoms with E-state index >= 15 is 0 Å². The molecular formula is C33H38O4. The second-order valence-electron chi connectivity index (χ2n) is 11.0. The van der Waals surface area contributed by atoms with E-state index in [4.69, 9.17) is 9.47 Å². The summed E-state index contributed by atoms with van der Waals surface area (Å²) in [6.45, 7) is 8.69. The topological polar surface area (TPSA) is 52.6 Å². The first kappa shape index (κ1) is 26.7. The summed E-state index contributed by atoms with van der Waals surface area (Å²) in [6.07, 6.45) is 7.11. The molecule has 0 aliphatic heterocycles. The normalized spacial score (nSPS) is 14.3. The highest BCUT2D eigenvalue weighted by atomic mass is 16.6. The molecule has 4 heteroatoms. The number of rotatable bonds is 7. The molecule has 3 aromatic carbocycles. The first-order valence-electron chi connectivity index (χ1n) is 13.5. The summed E-state index contributed by atoms with van der Waals surface area (Å²) in [5.74, 6) is 0.150. The predicted octanol–water partition coefficient (Wildman–Crippen LogP) is 8.42. The van der Waals surface area contributed by atoms with E-state index in [0.717, 1.165) is 43.2 Å². The van der Waals surface area contributed by atoms with Gasteiger partial charge in [-0.15, -0.1) is 0 Å². The Labute approximate surface area is 221 Å². The number of aryl methyl sites for hydroxylation is 1. The Morgan fingerprint density at radius 2 is 1.30 bits per heavy atom. The summed E-state index contributed by atoms with van der Waals surface area (Å²) in [6, 6.07) is 20.2. The van der Waals surface area contributed by atoms with E-state index in [1.54, 1.807) is 24.3 Å². The maximum Gasteiger partial charge on any atom is 0.343 e. The summed E-state index contributed by atoms with van der Waals surface area (Å²) in [5, 5.41) is 0. The molecule has 4 rings (SSSR count). The second-order valence-corrected chi connectivity index (χ2v) is 11.0. The first-order valence-corrected chi connectivity index (χ1v) is 13.5. The third-order valence-corrected chi connectivity index (χ3v) is 7.10. The monoisotopic (exact) mass is 498 g/mol. The van der Waals surface area contributed by atoms with E-state index in [1.165, 1.54) is 12.0 Å². The van der Waals surface area contributed by atoms with Crippen LogP contribution in [0.15, 0.2) is 66.7 Å². The van der Waals surface area contributed by atoms with Gasteiger partial charge in [0.05, 0.1) is 11.1 Å². The van der Waals surface area contributed by atoms with Gasteiger partial charge in [0.15, 0.2) is 11.5 Å². The van der Waals surface area contributed by atoms with Crippen LogP contribution in [-0.2, 0) is 11.8 Å². The molecule has 0 bridgehead atoms. The van der Waals surface area contributed by atoms with Gasteiger partial charge in [-0.1, -0.05) is 95.8 Å². The van der Waals surface area contributed by atoms with Crippen molar-refractivity contribution in [2.45, 2.75) is 84.0 Å². The number of hydrogen-bond donors (Lipinski definition) is 0. The zero-order chi connectivity index (χ0) is 26.4. The molecule has 0 radical (unpaired) electrons. The molecule has 4 nitrogen and oxygen atoms in total. The van der Waals surface area contributed by atoms with Crippen LogP contribution in [0.2, 0.25) is 0 Å². The van der Waals surface area contributed by atoms with Crippen LogP contribution in [0.3, 0.4) is 0 Å². The lowest BCUT2D eigenvalue weighted by Crippen LogP contribution is -2.22. The molecule has 1 aliphatic rings. The van der Waals surface area contributed by atoms with Crippen molar-refractivity contribution in [3.8, 4) is 11.5 Å². The summed E-state index contributed by atoms with van der Waals surface area (Å²) >= 11 is 0. The maximum atomic E-state index is 13.4. The molecule has 1 aliphatic carbocycles. The van der Waals surface area contributed by atoms with Crippen LogP contribution in [0.1, 0.15) is 110 Å². The molecule has 0 saturated heterocycles. The average Bonchev–Trinajstić information content (AvgIpc) is 2.91. The molecule has 1 fully saturated rings. The number of carbonyl (C=O) groups is 2. The molecule has 0 unspecified atom stereocenters. The fourth-order valence-corrected chi connectivity index (χ4v) is 5.25. The zero-order valence-electron chi connectivity index (χ0n) is 22.5. The highest BCUT2D eigenvalue weighted by molar-refractivity contribution is 5.94. The van der Waals surface area contributed by atoms with Gasteiger partial charge in [0.1, 0.15) is 0 Å². The second kappa shape index (κ2) is 11.8. The van der Waals surface area contributed by atoms with Crippen molar-refractivity contribution in [3.05, 3.63) is 94.5 Å². The van der Waals surface area contributed by atoms with E-state index in [2.05, 4.69) is 33.8 Å². The minimum absolute atomic E-state index is 0.175. The van der Waals surface area contributed by atoms with E-state index in [0.29, 0.717) is 29.0 Å². The Morgan fingerprint density at radius 1 is 0.784 bits per heavy atom. The van der Waals surface area contributed by atoms with Gasteiger partial charge >= 0.3 is 11.9 Å². The Balaban J connectivity index is 1.93. The number of esters is 2. The SMILES string of the molecule is CCCc1cc(C(C)(C)C)c(C2CCCCC2)c(OC(=O)c2ccccc2)c1OC(=O)c1ccccc1. The third-order valence-electron chi connectivity index (χ3n) is 7.10. The lowest BCUT2D eigenvalue weighted by atomic mass is 9.74. The van der Waals surface area contributed by atoms with E-state index < -0.39 is 11.9 Å². The molecule has 194 valence electrons. The van der Waals surface area contributed by atoms with Crippen molar-refractivity contribution in [1.82, 2.24) is 0 Å². The van der Waals surface area contributed by atoms with Gasteiger partial charge in [-0.2, -0.15) is 0 Å². The van der Waals surface area contributed by atoms with Crippen molar-refractivity contribution in [1.29, 1.82) is 0 Å². The Bertz CT molecular complexity index is 1220. The van der Waals surface area contributed by atoms with Gasteiger partial charge in [0.2, 0.25) is 0 Å². The molecule has 37 heavy (non-hydrogen) atoms. The van der Waals surface area contributed by atoms with Crippen LogP contribution >= 0.6 is 0 Å². The van der Waals surface area contributed by atoms with Crippen LogP contribution in [0.5, 0.6) is 11.5 Å². The quantitative estimate of drug-likeness (QED) is 0.242. The van der Waals surface area contributed by atoms with Gasteiger partial charge in [-0.3, -0.25) is 0 Å². The van der Waals surface area contributed by atoms with Crippen molar-refractivity contribution >= 4 is 11.9 Å². The summed E-state index contributed by atoms with van der Waals surface area (Å²) in [7, 11) is 0. The first-order chi connectivity index (χ1) is 17.8. The van der Waals surface area contributed by atoms with Gasteiger partial charge in [0.25, 0.3) is 0 Å². The summed E-state index contributed by atoms with van der Waals surface area (Å²) < 4.78 is 12.4. The number of benzene rings is 3. The highest BCUT2D eigenvalue weighted by Crippen LogP contribution is 2.49. The molecule has 3 aromatic rings. The van der Waals surface area contributed by atoms with Crippen molar-refractivity contribution < 1.29 is 19.1 Å². The number of ether oxygens (including phenoxy) is 2. The van der Waals surface area contributed by atoms with Gasteiger partial charge in [0, 0.05) is 5.56 Å². The minimum atomic E-state index is -0.451. The van der Waals surface area contributed by atoms with E-state index in [1.807, 2.05) is 36.4 Å². The van der Waals surface area contributed by atoms with E-state index in [9.17, 15) is 9.59 Å². The van der Waals surface area contributed by atoms with Crippen molar-refractivity contribution in [2.75, 3.05) is 0 Å². The van der Waals surface area contributed by atoms with Gasteiger partial charge < -0.3 is 9.47 Å². The minimum Gasteiger partial charge on any atom is -0.419 e. The van der Waals surface area contributed by atoms with Crippen LogP contribution in [-0.4, -0.2) is 11.9 Å². The molecule has 0 spiro atoms. The molecule has 0 atom stereocenters. The highest BCUT2D eigenvalue weighted by Gasteiger charge is 2.33. The predicted molar refractivity (Wildman–Crippen MR) is 148 cm³/mol. The Kier molecular flexibility index (Phi) is 8.48. The largest absolute Gasteiger partial charge is 0.419 e. The average molecular weight is 499 g/mol. The van der Waals surface area contributed by atoms with Crippen LogP contribution < -0.4 is 9.47 Å². The maximum absolute atomic E-state index is 13.4. The summed E-state index contributed by atoms with van der Waals surface area (Å²) in [4.78, 5) is 26.7. The lowest BCUT2D eigenvalue weighted by molar-refractivity contribution is 0.0678. The molecule has 1 saturated carbocycles. The lowest BCUT2D eigenvalue weighted by Gasteiger charge is -2.33. The van der Waals surface area contributed by atoms with Gasteiger partial charge in [-0.25, -0.2) is 9.59 Å². The summed E-state index contributed by atoms with van der Waals surface area (Å²) in [5.41, 5.74) is 3.84. The van der Waals surface area contributed by atoms with E-state index in [-0.39, 0.29) is 11.3 Å². The van der Waals surface area contributed by atoms with Crippen LogP contribution in [0.25, 0.3) is 0 Å². The molecule has 0 heterocycles.